The van der Waals surface area contributed by atoms with Crippen LogP contribution in [0.15, 0.2) is 48.5 Å². The molecular formula is C26H33N3O3. The molecule has 0 saturated carbocycles. The first-order valence-electron chi connectivity index (χ1n) is 11.6. The first-order chi connectivity index (χ1) is 15.6. The fourth-order valence-electron chi connectivity index (χ4n) is 4.71. The number of benzene rings is 2. The van der Waals surface area contributed by atoms with Crippen molar-refractivity contribution in [3.63, 3.8) is 0 Å². The van der Waals surface area contributed by atoms with E-state index in [1.165, 1.54) is 6.42 Å². The molecule has 6 heteroatoms. The van der Waals surface area contributed by atoms with Crippen molar-refractivity contribution < 1.29 is 14.3 Å². The lowest BCUT2D eigenvalue weighted by molar-refractivity contribution is -0.137. The molecule has 170 valence electrons. The van der Waals surface area contributed by atoms with Crippen molar-refractivity contribution >= 4 is 11.8 Å². The predicted octanol–water partition coefficient (Wildman–Crippen LogP) is 3.52. The average Bonchev–Trinajstić information content (AvgIpc) is 2.88. The third-order valence-corrected chi connectivity index (χ3v) is 6.71. The van der Waals surface area contributed by atoms with Crippen LogP contribution in [-0.4, -0.2) is 78.9 Å². The molecule has 32 heavy (non-hydrogen) atoms. The lowest BCUT2D eigenvalue weighted by Gasteiger charge is -2.39. The molecule has 2 fully saturated rings. The molecule has 2 aliphatic rings. The van der Waals surface area contributed by atoms with E-state index in [1.807, 2.05) is 65.3 Å². The molecule has 0 aromatic heterocycles. The van der Waals surface area contributed by atoms with Gasteiger partial charge in [0.2, 0.25) is 5.91 Å². The molecule has 2 aliphatic heterocycles. The normalized spacial score (nSPS) is 18.3. The molecule has 0 N–H and O–H groups in total. The monoisotopic (exact) mass is 435 g/mol. The molecule has 0 aliphatic carbocycles. The van der Waals surface area contributed by atoms with Gasteiger partial charge in [-0.25, -0.2) is 0 Å². The Bertz CT molecular complexity index is 933. The van der Waals surface area contributed by atoms with E-state index in [0.717, 1.165) is 42.8 Å². The van der Waals surface area contributed by atoms with Crippen molar-refractivity contribution in [1.82, 2.24) is 14.7 Å². The smallest absolute Gasteiger partial charge is 0.253 e. The number of hydrogen-bond donors (Lipinski definition) is 0. The maximum absolute atomic E-state index is 13.2. The molecule has 2 heterocycles. The summed E-state index contributed by atoms with van der Waals surface area (Å²) in [5.41, 5.74) is 2.60. The second kappa shape index (κ2) is 10.2. The topological polar surface area (TPSA) is 53.1 Å². The second-order valence-corrected chi connectivity index (χ2v) is 8.67. The number of carbonyl (C=O) groups is 2. The SMILES string of the molecule is COc1ccc(C(=O)N2CCN(C(C)C(=O)N3CCCCC3)CC2)cc1-c1ccccc1. The van der Waals surface area contributed by atoms with Gasteiger partial charge in [0.15, 0.2) is 0 Å². The summed E-state index contributed by atoms with van der Waals surface area (Å²) >= 11 is 0. The van der Waals surface area contributed by atoms with Gasteiger partial charge in [0.05, 0.1) is 13.2 Å². The summed E-state index contributed by atoms with van der Waals surface area (Å²) in [7, 11) is 1.65. The minimum Gasteiger partial charge on any atom is -0.496 e. The van der Waals surface area contributed by atoms with Crippen LogP contribution in [0.3, 0.4) is 0 Å². The Hall–Kier alpha value is -2.86. The first kappa shape index (κ1) is 22.3. The van der Waals surface area contributed by atoms with Crippen molar-refractivity contribution in [3.8, 4) is 16.9 Å². The summed E-state index contributed by atoms with van der Waals surface area (Å²) in [5.74, 6) is 1.01. The number of rotatable bonds is 5. The van der Waals surface area contributed by atoms with E-state index in [-0.39, 0.29) is 17.9 Å². The molecule has 0 bridgehead atoms. The molecule has 4 rings (SSSR count). The van der Waals surface area contributed by atoms with Gasteiger partial charge in [0.1, 0.15) is 5.75 Å². The highest BCUT2D eigenvalue weighted by Gasteiger charge is 2.31. The van der Waals surface area contributed by atoms with Crippen LogP contribution in [-0.2, 0) is 4.79 Å². The minimum atomic E-state index is -0.129. The van der Waals surface area contributed by atoms with Crippen LogP contribution in [0.4, 0.5) is 0 Å². The summed E-state index contributed by atoms with van der Waals surface area (Å²) < 4.78 is 5.53. The van der Waals surface area contributed by atoms with Crippen LogP contribution in [0.25, 0.3) is 11.1 Å². The zero-order valence-electron chi connectivity index (χ0n) is 19.1. The number of piperazine rings is 1. The zero-order valence-corrected chi connectivity index (χ0v) is 19.1. The van der Waals surface area contributed by atoms with E-state index in [2.05, 4.69) is 4.90 Å². The standard InChI is InChI=1S/C26H33N3O3/c1-20(25(30)28-13-7-4-8-14-28)27-15-17-29(18-16-27)26(31)22-11-12-24(32-2)23(19-22)21-9-5-3-6-10-21/h3,5-6,9-12,19-20H,4,7-8,13-18H2,1-2H3. The molecule has 2 amide bonds. The summed E-state index contributed by atoms with van der Waals surface area (Å²) in [6, 6.07) is 15.5. The molecule has 1 unspecified atom stereocenters. The Balaban J connectivity index is 1.41. The quantitative estimate of drug-likeness (QED) is 0.721. The Morgan fingerprint density at radius 2 is 1.53 bits per heavy atom. The zero-order chi connectivity index (χ0) is 22.5. The largest absolute Gasteiger partial charge is 0.496 e. The van der Waals surface area contributed by atoms with Gasteiger partial charge < -0.3 is 14.5 Å². The summed E-state index contributed by atoms with van der Waals surface area (Å²) in [4.78, 5) is 32.2. The number of carbonyl (C=O) groups excluding carboxylic acids is 2. The number of likely N-dealkylation sites (tertiary alicyclic amines) is 1. The van der Waals surface area contributed by atoms with E-state index in [1.54, 1.807) is 7.11 Å². The van der Waals surface area contributed by atoms with E-state index in [0.29, 0.717) is 31.7 Å². The van der Waals surface area contributed by atoms with Crippen molar-refractivity contribution in [3.05, 3.63) is 54.1 Å². The molecule has 6 nitrogen and oxygen atoms in total. The van der Waals surface area contributed by atoms with E-state index < -0.39 is 0 Å². The second-order valence-electron chi connectivity index (χ2n) is 8.67. The van der Waals surface area contributed by atoms with Crippen LogP contribution in [0.5, 0.6) is 5.75 Å². The van der Waals surface area contributed by atoms with Crippen LogP contribution in [0.1, 0.15) is 36.5 Å². The Morgan fingerprint density at radius 3 is 2.19 bits per heavy atom. The molecule has 0 spiro atoms. The molecule has 2 aromatic carbocycles. The van der Waals surface area contributed by atoms with E-state index >= 15 is 0 Å². The molecular weight excluding hydrogens is 402 g/mol. The molecule has 2 saturated heterocycles. The van der Waals surface area contributed by atoms with Gasteiger partial charge in [-0.3, -0.25) is 14.5 Å². The fourth-order valence-corrected chi connectivity index (χ4v) is 4.71. The Labute approximate surface area is 190 Å². The van der Waals surface area contributed by atoms with Gasteiger partial charge in [-0.15, -0.1) is 0 Å². The lowest BCUT2D eigenvalue weighted by atomic mass is 10.0. The number of ether oxygens (including phenoxy) is 1. The van der Waals surface area contributed by atoms with Gasteiger partial charge in [-0.05, 0) is 49.9 Å². The maximum Gasteiger partial charge on any atom is 0.253 e. The Morgan fingerprint density at radius 1 is 0.844 bits per heavy atom. The highest BCUT2D eigenvalue weighted by atomic mass is 16.5. The van der Waals surface area contributed by atoms with Gasteiger partial charge >= 0.3 is 0 Å². The van der Waals surface area contributed by atoms with Crippen molar-refractivity contribution in [2.45, 2.75) is 32.2 Å². The molecule has 2 aromatic rings. The van der Waals surface area contributed by atoms with Crippen molar-refractivity contribution in [2.75, 3.05) is 46.4 Å². The number of amides is 2. The van der Waals surface area contributed by atoms with Gasteiger partial charge in [-0.2, -0.15) is 0 Å². The van der Waals surface area contributed by atoms with Crippen LogP contribution in [0.2, 0.25) is 0 Å². The van der Waals surface area contributed by atoms with Gasteiger partial charge in [-0.1, -0.05) is 30.3 Å². The minimum absolute atomic E-state index is 0.0273. The predicted molar refractivity (Wildman–Crippen MR) is 126 cm³/mol. The van der Waals surface area contributed by atoms with Gasteiger partial charge in [0, 0.05) is 50.4 Å². The van der Waals surface area contributed by atoms with Gasteiger partial charge in [0.25, 0.3) is 5.91 Å². The summed E-state index contributed by atoms with van der Waals surface area (Å²) in [6.45, 7) is 6.45. The molecule has 0 radical (unpaired) electrons. The van der Waals surface area contributed by atoms with Crippen molar-refractivity contribution in [1.29, 1.82) is 0 Å². The van der Waals surface area contributed by atoms with Crippen molar-refractivity contribution in [2.24, 2.45) is 0 Å². The van der Waals surface area contributed by atoms with E-state index in [4.69, 9.17) is 4.74 Å². The molecule has 1 atom stereocenters. The average molecular weight is 436 g/mol. The number of piperidine rings is 1. The van der Waals surface area contributed by atoms with Crippen LogP contribution < -0.4 is 4.74 Å². The third kappa shape index (κ3) is 4.80. The highest BCUT2D eigenvalue weighted by molar-refractivity contribution is 5.96. The summed E-state index contributed by atoms with van der Waals surface area (Å²) in [6.07, 6.45) is 3.43. The number of methoxy groups -OCH3 is 1. The number of hydrogen-bond acceptors (Lipinski definition) is 4. The number of nitrogens with zero attached hydrogens (tertiary/aromatic N) is 3. The van der Waals surface area contributed by atoms with E-state index in [9.17, 15) is 9.59 Å². The fraction of sp³-hybridized carbons (Fsp3) is 0.462. The third-order valence-electron chi connectivity index (χ3n) is 6.71. The highest BCUT2D eigenvalue weighted by Crippen LogP contribution is 2.31. The Kier molecular flexibility index (Phi) is 7.10. The lowest BCUT2D eigenvalue weighted by Crippen LogP contribution is -2.56. The van der Waals surface area contributed by atoms with Crippen LogP contribution >= 0.6 is 0 Å². The first-order valence-corrected chi connectivity index (χ1v) is 11.6. The maximum atomic E-state index is 13.2. The van der Waals surface area contributed by atoms with Crippen LogP contribution in [0, 0.1) is 0 Å². The summed E-state index contributed by atoms with van der Waals surface area (Å²) in [5, 5.41) is 0.